The SMILES string of the molecule is CC[C@@]1(C)Cc2ccccc2-c2[nH]c(=O)n(-c3ccc(OC)cc3)c(=O)c21. The van der Waals surface area contributed by atoms with E-state index in [1.54, 1.807) is 31.4 Å². The maximum absolute atomic E-state index is 13.5. The van der Waals surface area contributed by atoms with Gasteiger partial charge in [-0.3, -0.25) is 4.79 Å². The van der Waals surface area contributed by atoms with Gasteiger partial charge in [0.05, 0.1) is 18.5 Å². The summed E-state index contributed by atoms with van der Waals surface area (Å²) in [5.41, 5.74) is 2.94. The second-order valence-corrected chi connectivity index (χ2v) is 7.27. The number of rotatable bonds is 3. The molecule has 1 aromatic heterocycles. The van der Waals surface area contributed by atoms with E-state index in [0.717, 1.165) is 24.0 Å². The van der Waals surface area contributed by atoms with Crippen molar-refractivity contribution in [2.24, 2.45) is 0 Å². The van der Waals surface area contributed by atoms with Crippen molar-refractivity contribution in [1.29, 1.82) is 0 Å². The molecule has 1 aliphatic carbocycles. The van der Waals surface area contributed by atoms with Gasteiger partial charge in [-0.2, -0.15) is 0 Å². The van der Waals surface area contributed by atoms with Crippen molar-refractivity contribution in [3.05, 3.63) is 80.5 Å². The number of nitrogens with zero attached hydrogens (tertiary/aromatic N) is 1. The zero-order valence-corrected chi connectivity index (χ0v) is 15.7. The van der Waals surface area contributed by atoms with Crippen LogP contribution in [0.4, 0.5) is 0 Å². The van der Waals surface area contributed by atoms with Crippen LogP contribution in [0, 0.1) is 0 Å². The predicted octanol–water partition coefficient (Wildman–Crippen LogP) is 3.43. The van der Waals surface area contributed by atoms with Gasteiger partial charge in [0, 0.05) is 16.5 Å². The van der Waals surface area contributed by atoms with Crippen molar-refractivity contribution >= 4 is 0 Å². The largest absolute Gasteiger partial charge is 0.497 e. The quantitative estimate of drug-likeness (QED) is 0.776. The third-order valence-electron chi connectivity index (χ3n) is 5.68. The van der Waals surface area contributed by atoms with Gasteiger partial charge in [-0.25, -0.2) is 9.36 Å². The Hall–Kier alpha value is -3.08. The Morgan fingerprint density at radius 1 is 1.11 bits per heavy atom. The van der Waals surface area contributed by atoms with Crippen LogP contribution in [0.1, 0.15) is 31.4 Å². The number of fused-ring (bicyclic) bond motifs is 3. The third kappa shape index (κ3) is 2.62. The van der Waals surface area contributed by atoms with Crippen LogP contribution in [0.2, 0.25) is 0 Å². The Kier molecular flexibility index (Phi) is 4.02. The maximum Gasteiger partial charge on any atom is 0.333 e. The minimum Gasteiger partial charge on any atom is -0.497 e. The van der Waals surface area contributed by atoms with Gasteiger partial charge in [0.25, 0.3) is 5.56 Å². The minimum absolute atomic E-state index is 0.252. The third-order valence-corrected chi connectivity index (χ3v) is 5.68. The first-order valence-corrected chi connectivity index (χ1v) is 9.11. The molecule has 0 aliphatic heterocycles. The second kappa shape index (κ2) is 6.27. The number of methoxy groups -OCH3 is 1. The molecular weight excluding hydrogens is 340 g/mol. The number of aromatic amines is 1. The van der Waals surface area contributed by atoms with Gasteiger partial charge >= 0.3 is 5.69 Å². The van der Waals surface area contributed by atoms with E-state index >= 15 is 0 Å². The summed E-state index contributed by atoms with van der Waals surface area (Å²) in [5, 5.41) is 0. The fraction of sp³-hybridized carbons (Fsp3) is 0.273. The molecule has 0 fully saturated rings. The van der Waals surface area contributed by atoms with Crippen molar-refractivity contribution in [2.75, 3.05) is 7.11 Å². The molecule has 0 saturated carbocycles. The molecule has 0 bridgehead atoms. The molecule has 1 atom stereocenters. The Labute approximate surface area is 157 Å². The van der Waals surface area contributed by atoms with Crippen molar-refractivity contribution in [2.45, 2.75) is 32.1 Å². The molecule has 2 aromatic carbocycles. The molecule has 1 heterocycles. The van der Waals surface area contributed by atoms with E-state index < -0.39 is 5.69 Å². The number of hydrogen-bond acceptors (Lipinski definition) is 3. The molecule has 27 heavy (non-hydrogen) atoms. The van der Waals surface area contributed by atoms with E-state index in [4.69, 9.17) is 4.74 Å². The molecule has 0 saturated heterocycles. The van der Waals surface area contributed by atoms with Crippen molar-refractivity contribution < 1.29 is 4.74 Å². The van der Waals surface area contributed by atoms with Gasteiger partial charge in [-0.1, -0.05) is 38.1 Å². The number of aromatic nitrogens is 2. The zero-order valence-electron chi connectivity index (χ0n) is 15.7. The molecule has 1 N–H and O–H groups in total. The average Bonchev–Trinajstić information content (AvgIpc) is 2.68. The van der Waals surface area contributed by atoms with Crippen LogP contribution in [0.15, 0.2) is 58.1 Å². The standard InChI is InChI=1S/C22H22N2O3/c1-4-22(2)13-14-7-5-6-8-17(14)19-18(22)20(25)24(21(26)23-19)15-9-11-16(27-3)12-10-15/h5-12H,4,13H2,1-3H3,(H,23,26)/t22-/m0/s1. The fourth-order valence-electron chi connectivity index (χ4n) is 3.99. The number of hydrogen-bond donors (Lipinski definition) is 1. The highest BCUT2D eigenvalue weighted by atomic mass is 16.5. The van der Waals surface area contributed by atoms with E-state index in [2.05, 4.69) is 24.9 Å². The lowest BCUT2D eigenvalue weighted by Gasteiger charge is -2.35. The smallest absolute Gasteiger partial charge is 0.333 e. The normalized spacial score (nSPS) is 17.9. The lowest BCUT2D eigenvalue weighted by Crippen LogP contribution is -2.44. The van der Waals surface area contributed by atoms with Crippen molar-refractivity contribution in [3.8, 4) is 22.7 Å². The first-order valence-electron chi connectivity index (χ1n) is 9.11. The van der Waals surface area contributed by atoms with Gasteiger partial charge < -0.3 is 9.72 Å². The van der Waals surface area contributed by atoms with Crippen LogP contribution >= 0.6 is 0 Å². The fourth-order valence-corrected chi connectivity index (χ4v) is 3.99. The number of H-pyrrole nitrogens is 1. The molecular formula is C22H22N2O3. The van der Waals surface area contributed by atoms with E-state index in [1.807, 2.05) is 18.2 Å². The average molecular weight is 362 g/mol. The Morgan fingerprint density at radius 2 is 1.81 bits per heavy atom. The van der Waals surface area contributed by atoms with Crippen LogP contribution in [0.3, 0.4) is 0 Å². The highest BCUT2D eigenvalue weighted by Gasteiger charge is 2.37. The summed E-state index contributed by atoms with van der Waals surface area (Å²) in [6, 6.07) is 14.9. The van der Waals surface area contributed by atoms with Gasteiger partial charge in [-0.15, -0.1) is 0 Å². The molecule has 0 unspecified atom stereocenters. The van der Waals surface area contributed by atoms with E-state index in [1.165, 1.54) is 4.57 Å². The molecule has 138 valence electrons. The Bertz CT molecular complexity index is 1130. The van der Waals surface area contributed by atoms with E-state index in [-0.39, 0.29) is 11.0 Å². The highest BCUT2D eigenvalue weighted by Crippen LogP contribution is 2.41. The topological polar surface area (TPSA) is 64.1 Å². The van der Waals surface area contributed by atoms with Gasteiger partial charge in [0.15, 0.2) is 0 Å². The first kappa shape index (κ1) is 17.3. The Balaban J connectivity index is 2.03. The summed E-state index contributed by atoms with van der Waals surface area (Å²) in [5.74, 6) is 0.675. The second-order valence-electron chi connectivity index (χ2n) is 7.27. The van der Waals surface area contributed by atoms with Gasteiger partial charge in [0.1, 0.15) is 5.75 Å². The molecule has 0 radical (unpaired) electrons. The van der Waals surface area contributed by atoms with E-state index in [9.17, 15) is 9.59 Å². The molecule has 1 aliphatic rings. The summed E-state index contributed by atoms with van der Waals surface area (Å²) in [6.07, 6.45) is 1.58. The summed E-state index contributed by atoms with van der Waals surface area (Å²) in [7, 11) is 1.58. The molecule has 0 amide bonds. The molecule has 4 rings (SSSR count). The summed E-state index contributed by atoms with van der Waals surface area (Å²) < 4.78 is 6.39. The van der Waals surface area contributed by atoms with Crippen LogP contribution in [0.5, 0.6) is 5.75 Å². The number of ether oxygens (including phenoxy) is 1. The highest BCUT2D eigenvalue weighted by molar-refractivity contribution is 5.71. The van der Waals surface area contributed by atoms with E-state index in [0.29, 0.717) is 22.7 Å². The number of nitrogens with one attached hydrogen (secondary N) is 1. The van der Waals surface area contributed by atoms with Crippen molar-refractivity contribution in [3.63, 3.8) is 0 Å². The van der Waals surface area contributed by atoms with Gasteiger partial charge in [-0.05, 0) is 42.7 Å². The monoisotopic (exact) mass is 362 g/mol. The van der Waals surface area contributed by atoms with Crippen LogP contribution < -0.4 is 16.0 Å². The van der Waals surface area contributed by atoms with Crippen LogP contribution in [-0.4, -0.2) is 16.7 Å². The summed E-state index contributed by atoms with van der Waals surface area (Å²) in [6.45, 7) is 4.18. The molecule has 5 nitrogen and oxygen atoms in total. The van der Waals surface area contributed by atoms with Crippen molar-refractivity contribution in [1.82, 2.24) is 9.55 Å². The lowest BCUT2D eigenvalue weighted by atomic mass is 9.69. The number of benzene rings is 2. The first-order chi connectivity index (χ1) is 13.0. The van der Waals surface area contributed by atoms with Crippen LogP contribution in [-0.2, 0) is 11.8 Å². The zero-order chi connectivity index (χ0) is 19.2. The minimum atomic E-state index is -0.431. The van der Waals surface area contributed by atoms with Crippen LogP contribution in [0.25, 0.3) is 16.9 Å². The predicted molar refractivity (Wildman–Crippen MR) is 106 cm³/mol. The molecule has 0 spiro atoms. The molecule has 5 heteroatoms. The maximum atomic E-state index is 13.5. The van der Waals surface area contributed by atoms with Gasteiger partial charge in [0.2, 0.25) is 0 Å². The Morgan fingerprint density at radius 3 is 2.48 bits per heavy atom. The lowest BCUT2D eigenvalue weighted by molar-refractivity contribution is 0.414. The summed E-state index contributed by atoms with van der Waals surface area (Å²) >= 11 is 0. The molecule has 3 aromatic rings. The summed E-state index contributed by atoms with van der Waals surface area (Å²) in [4.78, 5) is 29.3.